The Bertz CT molecular complexity index is 1280. The molecule has 0 radical (unpaired) electrons. The number of imidazole rings is 1. The van der Waals surface area contributed by atoms with Gasteiger partial charge in [-0.1, -0.05) is 30.0 Å². The Labute approximate surface area is 179 Å². The van der Waals surface area contributed by atoms with Crippen molar-refractivity contribution >= 4 is 32.8 Å². The molecule has 0 N–H and O–H groups in total. The van der Waals surface area contributed by atoms with Gasteiger partial charge in [0.25, 0.3) is 0 Å². The third-order valence-electron chi connectivity index (χ3n) is 4.72. The maximum atomic E-state index is 12.4. The average molecular weight is 443 g/mol. The summed E-state index contributed by atoms with van der Waals surface area (Å²) in [6.07, 6.45) is 1.69. The van der Waals surface area contributed by atoms with Gasteiger partial charge in [-0.3, -0.25) is 0 Å². The lowest BCUT2D eigenvalue weighted by Crippen LogP contribution is -2.22. The summed E-state index contributed by atoms with van der Waals surface area (Å²) in [5, 5.41) is 5.17. The van der Waals surface area contributed by atoms with Crippen LogP contribution in [0, 0.1) is 0 Å². The first kappa shape index (κ1) is 20.6. The van der Waals surface area contributed by atoms with Crippen LogP contribution in [0.3, 0.4) is 0 Å². The van der Waals surface area contributed by atoms with Gasteiger partial charge in [-0.05, 0) is 37.3 Å². The van der Waals surface area contributed by atoms with Crippen molar-refractivity contribution in [3.63, 3.8) is 0 Å². The van der Waals surface area contributed by atoms with Crippen molar-refractivity contribution in [1.82, 2.24) is 28.6 Å². The smallest absolute Gasteiger partial charge is 0.242 e. The molecule has 0 atom stereocenters. The minimum Gasteiger partial charge on any atom is -0.328 e. The zero-order valence-electron chi connectivity index (χ0n) is 16.9. The Balaban J connectivity index is 1.59. The predicted molar refractivity (Wildman–Crippen MR) is 117 cm³/mol. The topological polar surface area (TPSA) is 85.9 Å². The zero-order valence-corrected chi connectivity index (χ0v) is 18.6. The molecule has 0 bridgehead atoms. The van der Waals surface area contributed by atoms with E-state index >= 15 is 0 Å². The number of nitrogens with zero attached hydrogens (tertiary/aromatic N) is 6. The van der Waals surface area contributed by atoms with E-state index in [2.05, 4.69) is 14.6 Å². The number of sulfonamides is 1. The van der Waals surface area contributed by atoms with Gasteiger partial charge in [-0.25, -0.2) is 27.4 Å². The molecule has 30 heavy (non-hydrogen) atoms. The van der Waals surface area contributed by atoms with Gasteiger partial charge in [-0.2, -0.15) is 0 Å². The number of fused-ring (bicyclic) bond motifs is 1. The van der Waals surface area contributed by atoms with E-state index < -0.39 is 10.0 Å². The number of benzene rings is 2. The molecule has 2 aromatic carbocycles. The van der Waals surface area contributed by atoms with Gasteiger partial charge >= 0.3 is 0 Å². The van der Waals surface area contributed by atoms with E-state index in [1.54, 1.807) is 23.1 Å². The minimum absolute atomic E-state index is 0.239. The molecule has 4 rings (SSSR count). The molecule has 0 aliphatic heterocycles. The van der Waals surface area contributed by atoms with E-state index in [1.807, 2.05) is 43.3 Å². The molecule has 0 aliphatic rings. The van der Waals surface area contributed by atoms with Crippen LogP contribution < -0.4 is 0 Å². The van der Waals surface area contributed by atoms with E-state index in [4.69, 9.17) is 4.98 Å². The second-order valence-electron chi connectivity index (χ2n) is 6.81. The number of para-hydroxylation sites is 1. The second kappa shape index (κ2) is 8.21. The molecule has 0 amide bonds. The molecule has 4 aromatic rings. The quantitative estimate of drug-likeness (QED) is 0.409. The van der Waals surface area contributed by atoms with Gasteiger partial charge in [-0.15, -0.1) is 5.10 Å². The molecule has 0 fully saturated rings. The van der Waals surface area contributed by atoms with E-state index in [0.29, 0.717) is 16.4 Å². The molecule has 10 heteroatoms. The molecule has 0 saturated heterocycles. The summed E-state index contributed by atoms with van der Waals surface area (Å²) in [5.41, 5.74) is 2.53. The van der Waals surface area contributed by atoms with E-state index in [1.165, 1.54) is 30.2 Å². The first-order valence-corrected chi connectivity index (χ1v) is 11.8. The maximum absolute atomic E-state index is 12.4. The van der Waals surface area contributed by atoms with Gasteiger partial charge in [0.05, 0.1) is 27.4 Å². The Morgan fingerprint density at radius 2 is 1.87 bits per heavy atom. The van der Waals surface area contributed by atoms with Gasteiger partial charge in [0.1, 0.15) is 12.2 Å². The lowest BCUT2D eigenvalue weighted by molar-refractivity contribution is 0.521. The van der Waals surface area contributed by atoms with Crippen LogP contribution in [0.2, 0.25) is 0 Å². The molecule has 0 saturated carbocycles. The zero-order chi connectivity index (χ0) is 21.3. The Morgan fingerprint density at radius 3 is 2.57 bits per heavy atom. The summed E-state index contributed by atoms with van der Waals surface area (Å²) in [7, 11) is -0.458. The lowest BCUT2D eigenvalue weighted by atomic mass is 10.3. The third-order valence-corrected chi connectivity index (χ3v) is 7.37. The highest BCUT2D eigenvalue weighted by molar-refractivity contribution is 7.98. The van der Waals surface area contributed by atoms with E-state index in [0.717, 1.165) is 23.6 Å². The number of aromatic nitrogens is 5. The standard InChI is InChI=1S/C20H22N6O2S2/c1-4-25-18-11-10-16(30(27,28)24(2)3)12-17(18)22-19(25)13-29-20-21-14-26(23-20)15-8-6-5-7-9-15/h5-12,14H,4,13H2,1-3H3. The Hall–Kier alpha value is -2.69. The fourth-order valence-electron chi connectivity index (χ4n) is 3.14. The molecule has 0 aliphatic carbocycles. The van der Waals surface area contributed by atoms with Crippen molar-refractivity contribution in [2.75, 3.05) is 14.1 Å². The lowest BCUT2D eigenvalue weighted by Gasteiger charge is -2.11. The normalized spacial score (nSPS) is 12.1. The molecule has 2 heterocycles. The molecule has 8 nitrogen and oxygen atoms in total. The minimum atomic E-state index is -3.50. The van der Waals surface area contributed by atoms with Crippen LogP contribution in [-0.2, 0) is 22.3 Å². The molecule has 0 spiro atoms. The highest BCUT2D eigenvalue weighted by atomic mass is 32.2. The molecular formula is C20H22N6O2S2. The number of hydrogen-bond donors (Lipinski definition) is 0. The van der Waals surface area contributed by atoms with Crippen LogP contribution in [0.5, 0.6) is 0 Å². The van der Waals surface area contributed by atoms with Crippen LogP contribution >= 0.6 is 11.8 Å². The molecule has 2 aromatic heterocycles. The highest BCUT2D eigenvalue weighted by Gasteiger charge is 2.19. The maximum Gasteiger partial charge on any atom is 0.242 e. The van der Waals surface area contributed by atoms with Crippen LogP contribution in [0.25, 0.3) is 16.7 Å². The number of rotatable bonds is 7. The summed E-state index contributed by atoms with van der Waals surface area (Å²) < 4.78 is 29.9. The predicted octanol–water partition coefficient (Wildman–Crippen LogP) is 3.18. The van der Waals surface area contributed by atoms with E-state index in [9.17, 15) is 8.42 Å². The van der Waals surface area contributed by atoms with Crippen molar-refractivity contribution in [2.24, 2.45) is 0 Å². The summed E-state index contributed by atoms with van der Waals surface area (Å²) in [4.78, 5) is 9.31. The first-order chi connectivity index (χ1) is 14.4. The third kappa shape index (κ3) is 3.85. The average Bonchev–Trinajstić information content (AvgIpc) is 3.36. The monoisotopic (exact) mass is 442 g/mol. The van der Waals surface area contributed by atoms with Gasteiger partial charge in [0.2, 0.25) is 15.2 Å². The van der Waals surface area contributed by atoms with Crippen molar-refractivity contribution in [1.29, 1.82) is 0 Å². The SMILES string of the molecule is CCn1c(CSc2ncn(-c3ccccc3)n2)nc2cc(S(=O)(=O)N(C)C)ccc21. The molecule has 156 valence electrons. The number of hydrogen-bond acceptors (Lipinski definition) is 6. The largest absolute Gasteiger partial charge is 0.328 e. The Morgan fingerprint density at radius 1 is 1.10 bits per heavy atom. The summed E-state index contributed by atoms with van der Waals surface area (Å²) in [6.45, 7) is 2.78. The second-order valence-corrected chi connectivity index (χ2v) is 9.90. The van der Waals surface area contributed by atoms with Crippen molar-refractivity contribution in [2.45, 2.75) is 29.3 Å². The first-order valence-electron chi connectivity index (χ1n) is 9.41. The number of thioether (sulfide) groups is 1. The van der Waals surface area contributed by atoms with Crippen molar-refractivity contribution in [3.05, 3.63) is 60.7 Å². The van der Waals surface area contributed by atoms with Crippen LogP contribution in [0.1, 0.15) is 12.7 Å². The fourth-order valence-corrected chi connectivity index (χ4v) is 4.81. The highest BCUT2D eigenvalue weighted by Crippen LogP contribution is 2.26. The molecule has 0 unspecified atom stereocenters. The van der Waals surface area contributed by atoms with Gasteiger partial charge < -0.3 is 4.57 Å². The van der Waals surface area contributed by atoms with Crippen molar-refractivity contribution < 1.29 is 8.42 Å². The Kier molecular flexibility index (Phi) is 5.63. The number of aryl methyl sites for hydroxylation is 1. The van der Waals surface area contributed by atoms with Crippen LogP contribution in [0.15, 0.2) is 64.9 Å². The van der Waals surface area contributed by atoms with Crippen molar-refractivity contribution in [3.8, 4) is 5.69 Å². The summed E-state index contributed by atoms with van der Waals surface area (Å²) in [5.74, 6) is 1.44. The van der Waals surface area contributed by atoms with Crippen LogP contribution in [0.4, 0.5) is 0 Å². The van der Waals surface area contributed by atoms with Crippen LogP contribution in [-0.4, -0.2) is 51.1 Å². The van der Waals surface area contributed by atoms with Gasteiger partial charge in [0.15, 0.2) is 0 Å². The van der Waals surface area contributed by atoms with E-state index in [-0.39, 0.29) is 4.90 Å². The van der Waals surface area contributed by atoms with Gasteiger partial charge in [0, 0.05) is 20.6 Å². The fraction of sp³-hybridized carbons (Fsp3) is 0.250. The summed E-state index contributed by atoms with van der Waals surface area (Å²) in [6, 6.07) is 14.9. The summed E-state index contributed by atoms with van der Waals surface area (Å²) >= 11 is 1.50. The molecular weight excluding hydrogens is 420 g/mol.